The standard InChI is InChI=1S/C27H32N2O5/c1-2-7-24(26(31)32)29-25(30)14-18(17-12-13-17)15-28-27(33)34-16-23-21-10-5-3-8-19(21)20-9-4-6-11-22(20)23/h3-6,8-11,17-18,23-24H,2,7,12-16H2,1H3,(H,28,33)(H,29,30)(H,31,32)/t18?,24-/m1/s1. The molecule has 0 spiro atoms. The molecule has 2 amide bonds. The predicted octanol–water partition coefficient (Wildman–Crippen LogP) is 4.31. The number of carbonyl (C=O) groups is 3. The van der Waals surface area contributed by atoms with Gasteiger partial charge in [0.15, 0.2) is 0 Å². The van der Waals surface area contributed by atoms with Gasteiger partial charge in [0.05, 0.1) is 0 Å². The first-order chi connectivity index (χ1) is 16.5. The van der Waals surface area contributed by atoms with Crippen molar-refractivity contribution in [2.75, 3.05) is 13.2 Å². The smallest absolute Gasteiger partial charge is 0.407 e. The van der Waals surface area contributed by atoms with Crippen molar-refractivity contribution >= 4 is 18.0 Å². The molecular formula is C27H32N2O5. The molecule has 0 bridgehead atoms. The average molecular weight is 465 g/mol. The van der Waals surface area contributed by atoms with E-state index in [-0.39, 0.29) is 30.8 Å². The molecule has 180 valence electrons. The van der Waals surface area contributed by atoms with Crippen LogP contribution in [0.5, 0.6) is 0 Å². The van der Waals surface area contributed by atoms with Crippen molar-refractivity contribution in [3.8, 4) is 11.1 Å². The van der Waals surface area contributed by atoms with Gasteiger partial charge in [0.2, 0.25) is 5.91 Å². The number of aliphatic carboxylic acids is 1. The maximum absolute atomic E-state index is 12.5. The van der Waals surface area contributed by atoms with Gasteiger partial charge in [0, 0.05) is 18.9 Å². The minimum Gasteiger partial charge on any atom is -0.480 e. The second-order valence-corrected chi connectivity index (χ2v) is 9.26. The lowest BCUT2D eigenvalue weighted by Gasteiger charge is -2.19. The topological polar surface area (TPSA) is 105 Å². The van der Waals surface area contributed by atoms with Gasteiger partial charge in [-0.25, -0.2) is 9.59 Å². The zero-order valence-corrected chi connectivity index (χ0v) is 19.5. The van der Waals surface area contributed by atoms with Crippen LogP contribution in [0.1, 0.15) is 56.1 Å². The third-order valence-corrected chi connectivity index (χ3v) is 6.80. The molecule has 2 atom stereocenters. The monoisotopic (exact) mass is 464 g/mol. The average Bonchev–Trinajstić information content (AvgIpc) is 3.63. The second kappa shape index (κ2) is 10.7. The highest BCUT2D eigenvalue weighted by atomic mass is 16.5. The third-order valence-electron chi connectivity index (χ3n) is 6.80. The Morgan fingerprint density at radius 3 is 2.21 bits per heavy atom. The molecule has 34 heavy (non-hydrogen) atoms. The highest BCUT2D eigenvalue weighted by molar-refractivity contribution is 5.83. The second-order valence-electron chi connectivity index (χ2n) is 9.26. The first-order valence-electron chi connectivity index (χ1n) is 12.1. The molecule has 0 aliphatic heterocycles. The molecule has 0 aromatic heterocycles. The largest absolute Gasteiger partial charge is 0.480 e. The van der Waals surface area contributed by atoms with Crippen LogP contribution >= 0.6 is 0 Å². The van der Waals surface area contributed by atoms with Crippen LogP contribution in [0.3, 0.4) is 0 Å². The maximum Gasteiger partial charge on any atom is 0.407 e. The number of rotatable bonds is 11. The van der Waals surface area contributed by atoms with Crippen LogP contribution in [-0.4, -0.2) is 42.3 Å². The lowest BCUT2D eigenvalue weighted by atomic mass is 9.98. The normalized spacial score (nSPS) is 16.1. The fourth-order valence-corrected chi connectivity index (χ4v) is 4.87. The molecule has 0 heterocycles. The summed E-state index contributed by atoms with van der Waals surface area (Å²) >= 11 is 0. The minimum atomic E-state index is -1.02. The summed E-state index contributed by atoms with van der Waals surface area (Å²) in [4.78, 5) is 36.3. The van der Waals surface area contributed by atoms with Crippen LogP contribution in [0.15, 0.2) is 48.5 Å². The van der Waals surface area contributed by atoms with Gasteiger partial charge in [-0.1, -0.05) is 61.9 Å². The van der Waals surface area contributed by atoms with Gasteiger partial charge in [0.1, 0.15) is 12.6 Å². The summed E-state index contributed by atoms with van der Waals surface area (Å²) in [5.41, 5.74) is 4.66. The number of benzene rings is 2. The number of carbonyl (C=O) groups excluding carboxylic acids is 2. The van der Waals surface area contributed by atoms with Crippen molar-refractivity contribution in [1.82, 2.24) is 10.6 Å². The van der Waals surface area contributed by atoms with Crippen LogP contribution in [0, 0.1) is 11.8 Å². The molecule has 3 N–H and O–H groups in total. The molecule has 7 heteroatoms. The van der Waals surface area contributed by atoms with E-state index in [1.54, 1.807) is 0 Å². The van der Waals surface area contributed by atoms with Gasteiger partial charge in [-0.15, -0.1) is 0 Å². The number of amides is 2. The van der Waals surface area contributed by atoms with Crippen molar-refractivity contribution in [3.05, 3.63) is 59.7 Å². The molecule has 0 radical (unpaired) electrons. The van der Waals surface area contributed by atoms with Crippen molar-refractivity contribution in [1.29, 1.82) is 0 Å². The first-order valence-corrected chi connectivity index (χ1v) is 12.1. The number of ether oxygens (including phenoxy) is 1. The third kappa shape index (κ3) is 5.58. The summed E-state index contributed by atoms with van der Waals surface area (Å²) < 4.78 is 5.59. The van der Waals surface area contributed by atoms with E-state index >= 15 is 0 Å². The molecule has 7 nitrogen and oxygen atoms in total. The summed E-state index contributed by atoms with van der Waals surface area (Å²) in [6.45, 7) is 2.46. The Bertz CT molecular complexity index is 1000. The van der Waals surface area contributed by atoms with Crippen molar-refractivity contribution in [2.45, 2.75) is 51.0 Å². The summed E-state index contributed by atoms with van der Waals surface area (Å²) in [6.07, 6.45) is 2.80. The summed E-state index contributed by atoms with van der Waals surface area (Å²) in [7, 11) is 0. The Labute approximate surface area is 199 Å². The van der Waals surface area contributed by atoms with Gasteiger partial charge < -0.3 is 20.5 Å². The molecule has 2 aromatic carbocycles. The van der Waals surface area contributed by atoms with Gasteiger partial charge in [0.25, 0.3) is 0 Å². The van der Waals surface area contributed by atoms with Crippen molar-refractivity contribution in [2.24, 2.45) is 11.8 Å². The van der Waals surface area contributed by atoms with E-state index < -0.39 is 18.1 Å². The molecule has 2 aliphatic carbocycles. The van der Waals surface area contributed by atoms with Crippen molar-refractivity contribution in [3.63, 3.8) is 0 Å². The number of nitrogens with one attached hydrogen (secondary N) is 2. The number of hydrogen-bond acceptors (Lipinski definition) is 4. The highest BCUT2D eigenvalue weighted by Crippen LogP contribution is 2.44. The number of carboxylic acids is 1. The summed E-state index contributed by atoms with van der Waals surface area (Å²) in [6, 6.07) is 15.5. The van der Waals surface area contributed by atoms with E-state index in [4.69, 9.17) is 4.74 Å². The van der Waals surface area contributed by atoms with Crippen LogP contribution in [-0.2, 0) is 14.3 Å². The van der Waals surface area contributed by atoms with E-state index in [0.29, 0.717) is 25.3 Å². The van der Waals surface area contributed by atoms with Gasteiger partial charge in [-0.2, -0.15) is 0 Å². The zero-order chi connectivity index (χ0) is 24.1. The van der Waals surface area contributed by atoms with Gasteiger partial charge in [-0.05, 0) is 53.4 Å². The van der Waals surface area contributed by atoms with Crippen LogP contribution in [0.4, 0.5) is 4.79 Å². The fourth-order valence-electron chi connectivity index (χ4n) is 4.87. The zero-order valence-electron chi connectivity index (χ0n) is 19.5. The SMILES string of the molecule is CCC[C@@H](NC(=O)CC(CNC(=O)OCC1c2ccccc2-c2ccccc21)C1CC1)C(=O)O. The van der Waals surface area contributed by atoms with E-state index in [2.05, 4.69) is 34.9 Å². The van der Waals surface area contributed by atoms with Gasteiger partial charge >= 0.3 is 12.1 Å². The fraction of sp³-hybridized carbons (Fsp3) is 0.444. The first kappa shape index (κ1) is 23.8. The molecule has 2 aliphatic rings. The van der Waals surface area contributed by atoms with Gasteiger partial charge in [-0.3, -0.25) is 4.79 Å². The lowest BCUT2D eigenvalue weighted by molar-refractivity contribution is -0.142. The number of alkyl carbamates (subject to hydrolysis) is 1. The van der Waals surface area contributed by atoms with E-state index in [1.807, 2.05) is 31.2 Å². The Morgan fingerprint density at radius 2 is 1.65 bits per heavy atom. The molecular weight excluding hydrogens is 432 g/mol. The Balaban J connectivity index is 1.29. The molecule has 4 rings (SSSR count). The molecule has 1 fully saturated rings. The van der Waals surface area contributed by atoms with Crippen LogP contribution in [0.25, 0.3) is 11.1 Å². The molecule has 2 aromatic rings. The van der Waals surface area contributed by atoms with E-state index in [9.17, 15) is 19.5 Å². The summed E-state index contributed by atoms with van der Waals surface area (Å²) in [5.74, 6) is -0.970. The quantitative estimate of drug-likeness (QED) is 0.460. The Morgan fingerprint density at radius 1 is 1.03 bits per heavy atom. The van der Waals surface area contributed by atoms with Crippen molar-refractivity contribution < 1.29 is 24.2 Å². The molecule has 1 unspecified atom stereocenters. The Kier molecular flexibility index (Phi) is 7.50. The number of carboxylic acid groups (broad SMARTS) is 1. The summed E-state index contributed by atoms with van der Waals surface area (Å²) in [5, 5.41) is 14.7. The van der Waals surface area contributed by atoms with E-state index in [0.717, 1.165) is 24.0 Å². The van der Waals surface area contributed by atoms with Crippen LogP contribution in [0.2, 0.25) is 0 Å². The Hall–Kier alpha value is -3.35. The van der Waals surface area contributed by atoms with E-state index in [1.165, 1.54) is 11.1 Å². The molecule has 1 saturated carbocycles. The minimum absolute atomic E-state index is 0.00493. The maximum atomic E-state index is 12.5. The number of hydrogen-bond donors (Lipinski definition) is 3. The predicted molar refractivity (Wildman–Crippen MR) is 128 cm³/mol. The van der Waals surface area contributed by atoms with Crippen LogP contribution < -0.4 is 10.6 Å². The highest BCUT2D eigenvalue weighted by Gasteiger charge is 2.34. The lowest BCUT2D eigenvalue weighted by Crippen LogP contribution is -2.42. The number of fused-ring (bicyclic) bond motifs is 3. The molecule has 0 saturated heterocycles.